The number of fused-ring (bicyclic) bond motifs is 1. The first-order chi connectivity index (χ1) is 11.7. The molecule has 0 atom stereocenters. The largest absolute Gasteiger partial charge is 0.497 e. The molecular weight excluding hydrogens is 324 g/mol. The van der Waals surface area contributed by atoms with Crippen molar-refractivity contribution in [3.05, 3.63) is 36.2 Å². The molecule has 0 saturated heterocycles. The first-order valence-corrected chi connectivity index (χ1v) is 8.85. The highest BCUT2D eigenvalue weighted by molar-refractivity contribution is 7.22. The Morgan fingerprint density at radius 3 is 2.96 bits per heavy atom. The summed E-state index contributed by atoms with van der Waals surface area (Å²) in [5, 5.41) is 7.84. The Bertz CT molecular complexity index is 880. The minimum atomic E-state index is -0.224. The highest BCUT2D eigenvalue weighted by atomic mass is 32.1. The Kier molecular flexibility index (Phi) is 3.93. The summed E-state index contributed by atoms with van der Waals surface area (Å²) < 4.78 is 8.11. The number of thiazole rings is 1. The van der Waals surface area contributed by atoms with Crippen molar-refractivity contribution in [1.82, 2.24) is 14.8 Å². The van der Waals surface area contributed by atoms with Crippen LogP contribution in [0.4, 0.5) is 5.13 Å². The Hall–Kier alpha value is -2.41. The standard InChI is InChI=1S/C17H18N4O2S/c1-23-12-6-7-13-15(10-12)24-17(18-13)19-16(22)14-8-9-21(20-14)11-4-2-3-5-11/h6-11H,2-5H2,1H3,(H,18,19,22). The maximum atomic E-state index is 12.4. The van der Waals surface area contributed by atoms with Crippen molar-refractivity contribution >= 4 is 32.6 Å². The third-order valence-electron chi connectivity index (χ3n) is 4.36. The van der Waals surface area contributed by atoms with Crippen LogP contribution >= 0.6 is 11.3 Å². The number of hydrogen-bond donors (Lipinski definition) is 1. The normalized spacial score (nSPS) is 15.0. The summed E-state index contributed by atoms with van der Waals surface area (Å²) in [7, 11) is 1.63. The summed E-state index contributed by atoms with van der Waals surface area (Å²) >= 11 is 1.42. The predicted molar refractivity (Wildman–Crippen MR) is 93.9 cm³/mol. The Balaban J connectivity index is 1.51. The van der Waals surface area contributed by atoms with Gasteiger partial charge in [0.1, 0.15) is 5.75 Å². The van der Waals surface area contributed by atoms with E-state index in [0.29, 0.717) is 16.9 Å². The number of nitrogens with one attached hydrogen (secondary N) is 1. The average molecular weight is 342 g/mol. The molecule has 1 saturated carbocycles. The number of carbonyl (C=O) groups excluding carboxylic acids is 1. The van der Waals surface area contributed by atoms with Gasteiger partial charge in [-0.1, -0.05) is 24.2 Å². The average Bonchev–Trinajstić information content (AvgIpc) is 3.32. The van der Waals surface area contributed by atoms with Crippen molar-refractivity contribution in [2.45, 2.75) is 31.7 Å². The number of hydrogen-bond acceptors (Lipinski definition) is 5. The first kappa shape index (κ1) is 15.1. The lowest BCUT2D eigenvalue weighted by molar-refractivity contribution is 0.102. The molecule has 0 radical (unpaired) electrons. The van der Waals surface area contributed by atoms with Gasteiger partial charge in [-0.3, -0.25) is 14.8 Å². The second-order valence-electron chi connectivity index (χ2n) is 5.93. The van der Waals surface area contributed by atoms with Crippen molar-refractivity contribution in [3.8, 4) is 5.75 Å². The van der Waals surface area contributed by atoms with Gasteiger partial charge in [-0.05, 0) is 37.1 Å². The van der Waals surface area contributed by atoms with Crippen LogP contribution in [0.2, 0.25) is 0 Å². The van der Waals surface area contributed by atoms with Crippen LogP contribution in [0.25, 0.3) is 10.2 Å². The number of anilines is 1. The quantitative estimate of drug-likeness (QED) is 0.781. The van der Waals surface area contributed by atoms with E-state index in [-0.39, 0.29) is 5.91 Å². The molecule has 1 fully saturated rings. The van der Waals surface area contributed by atoms with E-state index in [1.807, 2.05) is 29.1 Å². The van der Waals surface area contributed by atoms with E-state index in [2.05, 4.69) is 15.4 Å². The molecule has 4 rings (SSSR count). The van der Waals surface area contributed by atoms with Gasteiger partial charge in [0.25, 0.3) is 5.91 Å². The summed E-state index contributed by atoms with van der Waals surface area (Å²) in [5.74, 6) is 0.553. The monoisotopic (exact) mass is 342 g/mol. The fourth-order valence-corrected chi connectivity index (χ4v) is 3.97. The second kappa shape index (κ2) is 6.24. The molecule has 6 nitrogen and oxygen atoms in total. The molecule has 0 aliphatic heterocycles. The van der Waals surface area contributed by atoms with Crippen LogP contribution in [0, 0.1) is 0 Å². The van der Waals surface area contributed by atoms with Gasteiger partial charge in [0.2, 0.25) is 0 Å². The molecule has 2 heterocycles. The Morgan fingerprint density at radius 2 is 2.17 bits per heavy atom. The molecule has 1 amide bonds. The molecule has 1 aliphatic rings. The van der Waals surface area contributed by atoms with E-state index in [1.165, 1.54) is 24.2 Å². The molecule has 2 aromatic heterocycles. The lowest BCUT2D eigenvalue weighted by atomic mass is 10.3. The van der Waals surface area contributed by atoms with E-state index < -0.39 is 0 Å². The van der Waals surface area contributed by atoms with Gasteiger partial charge >= 0.3 is 0 Å². The number of amides is 1. The van der Waals surface area contributed by atoms with Crippen molar-refractivity contribution in [2.24, 2.45) is 0 Å². The maximum absolute atomic E-state index is 12.4. The van der Waals surface area contributed by atoms with Crippen LogP contribution in [0.1, 0.15) is 42.2 Å². The van der Waals surface area contributed by atoms with E-state index in [0.717, 1.165) is 28.8 Å². The Morgan fingerprint density at radius 1 is 1.33 bits per heavy atom. The molecule has 124 valence electrons. The second-order valence-corrected chi connectivity index (χ2v) is 6.96. The minimum Gasteiger partial charge on any atom is -0.497 e. The van der Waals surface area contributed by atoms with Gasteiger partial charge in [0, 0.05) is 6.20 Å². The molecule has 0 spiro atoms. The highest BCUT2D eigenvalue weighted by Crippen LogP contribution is 2.30. The summed E-state index contributed by atoms with van der Waals surface area (Å²) in [4.78, 5) is 16.8. The zero-order valence-corrected chi connectivity index (χ0v) is 14.2. The number of ether oxygens (including phenoxy) is 1. The molecule has 0 bridgehead atoms. The lowest BCUT2D eigenvalue weighted by Crippen LogP contribution is -2.14. The number of carbonyl (C=O) groups is 1. The van der Waals surface area contributed by atoms with Crippen LogP contribution in [-0.4, -0.2) is 27.8 Å². The minimum absolute atomic E-state index is 0.224. The molecule has 3 aromatic rings. The highest BCUT2D eigenvalue weighted by Gasteiger charge is 2.19. The zero-order chi connectivity index (χ0) is 16.5. The van der Waals surface area contributed by atoms with Crippen LogP contribution in [0.15, 0.2) is 30.5 Å². The smallest absolute Gasteiger partial charge is 0.277 e. The third-order valence-corrected chi connectivity index (χ3v) is 5.29. The topological polar surface area (TPSA) is 69.0 Å². The lowest BCUT2D eigenvalue weighted by Gasteiger charge is -2.08. The number of rotatable bonds is 4. The van der Waals surface area contributed by atoms with E-state index in [9.17, 15) is 4.79 Å². The van der Waals surface area contributed by atoms with Crippen LogP contribution in [0.5, 0.6) is 5.75 Å². The van der Waals surface area contributed by atoms with Gasteiger partial charge in [-0.2, -0.15) is 5.10 Å². The van der Waals surface area contributed by atoms with Crippen molar-refractivity contribution < 1.29 is 9.53 Å². The molecule has 7 heteroatoms. The van der Waals surface area contributed by atoms with Crippen LogP contribution in [-0.2, 0) is 0 Å². The third kappa shape index (κ3) is 2.87. The fourth-order valence-electron chi connectivity index (χ4n) is 3.08. The van der Waals surface area contributed by atoms with Crippen molar-refractivity contribution in [2.75, 3.05) is 12.4 Å². The van der Waals surface area contributed by atoms with Gasteiger partial charge in [-0.25, -0.2) is 4.98 Å². The zero-order valence-electron chi connectivity index (χ0n) is 13.4. The number of benzene rings is 1. The Labute approximate surface area is 143 Å². The van der Waals surface area contributed by atoms with E-state index >= 15 is 0 Å². The molecule has 0 unspecified atom stereocenters. The van der Waals surface area contributed by atoms with Gasteiger partial charge in [0.05, 0.1) is 23.4 Å². The SMILES string of the molecule is COc1ccc2nc(NC(=O)c3ccn(C4CCCC4)n3)sc2c1. The van der Waals surface area contributed by atoms with Gasteiger partial charge < -0.3 is 4.74 Å². The maximum Gasteiger partial charge on any atom is 0.277 e. The van der Waals surface area contributed by atoms with Crippen LogP contribution in [0.3, 0.4) is 0 Å². The first-order valence-electron chi connectivity index (χ1n) is 8.04. The van der Waals surface area contributed by atoms with Crippen LogP contribution < -0.4 is 10.1 Å². The summed E-state index contributed by atoms with van der Waals surface area (Å²) in [6.45, 7) is 0. The molecule has 1 aliphatic carbocycles. The van der Waals surface area contributed by atoms with E-state index in [4.69, 9.17) is 4.74 Å². The molecule has 1 aromatic carbocycles. The molecular formula is C17H18N4O2S. The number of nitrogens with zero attached hydrogens (tertiary/aromatic N) is 3. The fraction of sp³-hybridized carbons (Fsp3) is 0.353. The van der Waals surface area contributed by atoms with Crippen molar-refractivity contribution in [3.63, 3.8) is 0 Å². The van der Waals surface area contributed by atoms with Gasteiger partial charge in [-0.15, -0.1) is 0 Å². The molecule has 1 N–H and O–H groups in total. The predicted octanol–water partition coefficient (Wildman–Crippen LogP) is 3.87. The number of methoxy groups -OCH3 is 1. The number of aromatic nitrogens is 3. The summed E-state index contributed by atoms with van der Waals surface area (Å²) in [6, 6.07) is 7.86. The molecule has 24 heavy (non-hydrogen) atoms. The van der Waals surface area contributed by atoms with Gasteiger partial charge in [0.15, 0.2) is 10.8 Å². The van der Waals surface area contributed by atoms with Crippen molar-refractivity contribution in [1.29, 1.82) is 0 Å². The summed E-state index contributed by atoms with van der Waals surface area (Å²) in [6.07, 6.45) is 6.65. The summed E-state index contributed by atoms with van der Waals surface area (Å²) in [5.41, 5.74) is 1.27. The van der Waals surface area contributed by atoms with E-state index in [1.54, 1.807) is 13.2 Å².